The van der Waals surface area contributed by atoms with E-state index in [1.54, 1.807) is 11.3 Å². The highest BCUT2D eigenvalue weighted by atomic mass is 79.9. The van der Waals surface area contributed by atoms with Crippen molar-refractivity contribution in [2.45, 2.75) is 13.0 Å². The first-order valence-electron chi connectivity index (χ1n) is 4.64. The third-order valence-corrected chi connectivity index (χ3v) is 3.63. The first-order chi connectivity index (χ1) is 7.16. The molecule has 0 unspecified atom stereocenters. The average Bonchev–Trinajstić information content (AvgIpc) is 2.68. The molecule has 2 aromatic rings. The van der Waals surface area contributed by atoms with E-state index in [-0.39, 0.29) is 6.04 Å². The Labute approximate surface area is 101 Å². The number of hydrogen-bond donors (Lipinski definition) is 1. The SMILES string of the molecule is C[C@@H](N)c1nc(-c2ccc(Br)cc2)cs1. The van der Waals surface area contributed by atoms with Gasteiger partial charge in [-0.05, 0) is 19.1 Å². The van der Waals surface area contributed by atoms with Crippen LogP contribution in [0.3, 0.4) is 0 Å². The van der Waals surface area contributed by atoms with Crippen LogP contribution in [0.2, 0.25) is 0 Å². The fourth-order valence-corrected chi connectivity index (χ4v) is 2.30. The highest BCUT2D eigenvalue weighted by Crippen LogP contribution is 2.25. The smallest absolute Gasteiger partial charge is 0.110 e. The Balaban J connectivity index is 2.33. The van der Waals surface area contributed by atoms with Gasteiger partial charge < -0.3 is 5.73 Å². The van der Waals surface area contributed by atoms with Crippen molar-refractivity contribution >= 4 is 27.3 Å². The molecule has 15 heavy (non-hydrogen) atoms. The lowest BCUT2D eigenvalue weighted by molar-refractivity contribution is 0.808. The van der Waals surface area contributed by atoms with Gasteiger partial charge in [-0.15, -0.1) is 11.3 Å². The van der Waals surface area contributed by atoms with Crippen molar-refractivity contribution in [3.8, 4) is 11.3 Å². The van der Waals surface area contributed by atoms with Crippen LogP contribution < -0.4 is 5.73 Å². The van der Waals surface area contributed by atoms with Crippen LogP contribution >= 0.6 is 27.3 Å². The fourth-order valence-electron chi connectivity index (χ4n) is 1.25. The van der Waals surface area contributed by atoms with Gasteiger partial charge in [0.15, 0.2) is 0 Å². The molecule has 0 aliphatic heterocycles. The summed E-state index contributed by atoms with van der Waals surface area (Å²) in [5.74, 6) is 0. The topological polar surface area (TPSA) is 38.9 Å². The summed E-state index contributed by atoms with van der Waals surface area (Å²) in [6, 6.07) is 8.13. The van der Waals surface area contributed by atoms with E-state index in [0.29, 0.717) is 0 Å². The molecule has 1 atom stereocenters. The molecule has 0 aliphatic carbocycles. The largest absolute Gasteiger partial charge is 0.322 e. The molecule has 2 N–H and O–H groups in total. The van der Waals surface area contributed by atoms with E-state index >= 15 is 0 Å². The van der Waals surface area contributed by atoms with Crippen LogP contribution in [0.4, 0.5) is 0 Å². The van der Waals surface area contributed by atoms with Crippen molar-refractivity contribution in [1.29, 1.82) is 0 Å². The van der Waals surface area contributed by atoms with Gasteiger partial charge >= 0.3 is 0 Å². The number of hydrogen-bond acceptors (Lipinski definition) is 3. The Bertz CT molecular complexity index is 448. The second kappa shape index (κ2) is 4.43. The number of benzene rings is 1. The molecule has 0 bridgehead atoms. The predicted molar refractivity (Wildman–Crippen MR) is 67.9 cm³/mol. The molecule has 0 saturated heterocycles. The summed E-state index contributed by atoms with van der Waals surface area (Å²) in [5.41, 5.74) is 7.90. The first-order valence-corrected chi connectivity index (χ1v) is 6.31. The summed E-state index contributed by atoms with van der Waals surface area (Å²) in [5, 5.41) is 3.02. The van der Waals surface area contributed by atoms with Gasteiger partial charge in [0.25, 0.3) is 0 Å². The van der Waals surface area contributed by atoms with E-state index < -0.39 is 0 Å². The van der Waals surface area contributed by atoms with Crippen LogP contribution in [0.1, 0.15) is 18.0 Å². The molecular weight excluding hydrogens is 272 g/mol. The molecule has 1 aromatic carbocycles. The summed E-state index contributed by atoms with van der Waals surface area (Å²) >= 11 is 5.02. The molecule has 0 spiro atoms. The third kappa shape index (κ3) is 2.45. The van der Waals surface area contributed by atoms with Gasteiger partial charge in [-0.3, -0.25) is 0 Å². The zero-order chi connectivity index (χ0) is 10.8. The second-order valence-electron chi connectivity index (χ2n) is 3.37. The van der Waals surface area contributed by atoms with Gasteiger partial charge in [0, 0.05) is 15.4 Å². The molecule has 4 heteroatoms. The van der Waals surface area contributed by atoms with Crippen LogP contribution in [0.15, 0.2) is 34.1 Å². The van der Waals surface area contributed by atoms with Crippen LogP contribution in [0.5, 0.6) is 0 Å². The minimum Gasteiger partial charge on any atom is -0.322 e. The highest BCUT2D eigenvalue weighted by molar-refractivity contribution is 9.10. The highest BCUT2D eigenvalue weighted by Gasteiger charge is 2.07. The molecule has 0 radical (unpaired) electrons. The molecular formula is C11H11BrN2S. The van der Waals surface area contributed by atoms with Gasteiger partial charge in [-0.1, -0.05) is 28.1 Å². The second-order valence-corrected chi connectivity index (χ2v) is 5.17. The number of rotatable bonds is 2. The normalized spacial score (nSPS) is 12.7. The molecule has 0 amide bonds. The summed E-state index contributed by atoms with van der Waals surface area (Å²) in [6.45, 7) is 1.95. The van der Waals surface area contributed by atoms with Crippen LogP contribution in [-0.4, -0.2) is 4.98 Å². The number of nitrogens with zero attached hydrogens (tertiary/aromatic N) is 1. The van der Waals surface area contributed by atoms with Crippen LogP contribution in [0, 0.1) is 0 Å². The fraction of sp³-hybridized carbons (Fsp3) is 0.182. The van der Waals surface area contributed by atoms with E-state index in [0.717, 1.165) is 20.7 Å². The minimum atomic E-state index is 0.0131. The van der Waals surface area contributed by atoms with Crippen molar-refractivity contribution in [1.82, 2.24) is 4.98 Å². The van der Waals surface area contributed by atoms with Gasteiger partial charge in [0.2, 0.25) is 0 Å². The summed E-state index contributed by atoms with van der Waals surface area (Å²) in [4.78, 5) is 4.49. The minimum absolute atomic E-state index is 0.0131. The monoisotopic (exact) mass is 282 g/mol. The molecule has 2 nitrogen and oxygen atoms in total. The quantitative estimate of drug-likeness (QED) is 0.914. The standard InChI is InChI=1S/C11H11BrN2S/c1-7(13)11-14-10(6-15-11)8-2-4-9(12)5-3-8/h2-7H,13H2,1H3/t7-/m1/s1. The first kappa shape index (κ1) is 10.8. The number of halogens is 1. The molecule has 0 saturated carbocycles. The number of aromatic nitrogens is 1. The Kier molecular flexibility index (Phi) is 3.19. The Morgan fingerprint density at radius 3 is 2.53 bits per heavy atom. The lowest BCUT2D eigenvalue weighted by Gasteiger charge is -1.98. The summed E-state index contributed by atoms with van der Waals surface area (Å²) in [6.07, 6.45) is 0. The maximum atomic E-state index is 5.77. The van der Waals surface area contributed by atoms with Crippen molar-refractivity contribution in [3.05, 3.63) is 39.1 Å². The molecule has 0 fully saturated rings. The lowest BCUT2D eigenvalue weighted by atomic mass is 10.2. The van der Waals surface area contributed by atoms with Crippen LogP contribution in [-0.2, 0) is 0 Å². The molecule has 2 rings (SSSR count). The number of thiazole rings is 1. The Morgan fingerprint density at radius 2 is 2.00 bits per heavy atom. The van der Waals surface area contributed by atoms with Crippen molar-refractivity contribution in [2.24, 2.45) is 5.73 Å². The average molecular weight is 283 g/mol. The Hall–Kier alpha value is -0.710. The van der Waals surface area contributed by atoms with E-state index in [9.17, 15) is 0 Å². The molecule has 1 heterocycles. The predicted octanol–water partition coefficient (Wildman–Crippen LogP) is 3.59. The van der Waals surface area contributed by atoms with Gasteiger partial charge in [-0.25, -0.2) is 4.98 Å². The zero-order valence-corrected chi connectivity index (χ0v) is 10.7. The van der Waals surface area contributed by atoms with E-state index in [4.69, 9.17) is 5.73 Å². The van der Waals surface area contributed by atoms with E-state index in [2.05, 4.69) is 20.9 Å². The van der Waals surface area contributed by atoms with Gasteiger partial charge in [0.1, 0.15) is 5.01 Å². The summed E-state index contributed by atoms with van der Waals surface area (Å²) in [7, 11) is 0. The molecule has 78 valence electrons. The van der Waals surface area contributed by atoms with Crippen molar-refractivity contribution in [2.75, 3.05) is 0 Å². The van der Waals surface area contributed by atoms with E-state index in [1.165, 1.54) is 0 Å². The van der Waals surface area contributed by atoms with Crippen molar-refractivity contribution < 1.29 is 0 Å². The van der Waals surface area contributed by atoms with E-state index in [1.807, 2.05) is 36.6 Å². The molecule has 1 aromatic heterocycles. The Morgan fingerprint density at radius 1 is 1.33 bits per heavy atom. The third-order valence-electron chi connectivity index (χ3n) is 2.05. The van der Waals surface area contributed by atoms with Crippen molar-refractivity contribution in [3.63, 3.8) is 0 Å². The number of nitrogens with two attached hydrogens (primary N) is 1. The van der Waals surface area contributed by atoms with Crippen LogP contribution in [0.25, 0.3) is 11.3 Å². The lowest BCUT2D eigenvalue weighted by Crippen LogP contribution is -2.03. The van der Waals surface area contributed by atoms with Gasteiger partial charge in [0.05, 0.1) is 11.7 Å². The van der Waals surface area contributed by atoms with Gasteiger partial charge in [-0.2, -0.15) is 0 Å². The maximum Gasteiger partial charge on any atom is 0.110 e. The summed E-state index contributed by atoms with van der Waals surface area (Å²) < 4.78 is 1.08. The maximum absolute atomic E-state index is 5.77. The zero-order valence-electron chi connectivity index (χ0n) is 8.27. The molecule has 0 aliphatic rings.